The van der Waals surface area contributed by atoms with E-state index in [4.69, 9.17) is 0 Å². The Labute approximate surface area is 36.5 Å². The minimum atomic E-state index is -2.31. The summed E-state index contributed by atoms with van der Waals surface area (Å²) in [5, 5.41) is 0. The van der Waals surface area contributed by atoms with Gasteiger partial charge in [0.15, 0.2) is 0 Å². The van der Waals surface area contributed by atoms with Crippen molar-refractivity contribution in [2.75, 3.05) is 13.3 Å². The summed E-state index contributed by atoms with van der Waals surface area (Å²) in [6.07, 6.45) is -2.31. The second-order valence-corrected chi connectivity index (χ2v) is 6.26. The first kappa shape index (κ1) is 5.58. The van der Waals surface area contributed by atoms with Crippen molar-refractivity contribution in [1.82, 2.24) is 0 Å². The highest BCUT2D eigenvalue weighted by molar-refractivity contribution is 8.11. The van der Waals surface area contributed by atoms with Gasteiger partial charge in [-0.2, -0.15) is 0 Å². The molecule has 0 aliphatic carbocycles. The van der Waals surface area contributed by atoms with E-state index in [1.54, 1.807) is 0 Å². The number of rotatable bonds is 0. The summed E-state index contributed by atoms with van der Waals surface area (Å²) in [6.45, 7) is 2.89. The van der Waals surface area contributed by atoms with E-state index >= 15 is 0 Å². The average molecular weight is 112 g/mol. The van der Waals surface area contributed by atoms with Crippen LogP contribution in [0.25, 0.3) is 0 Å². The fourth-order valence-electron chi connectivity index (χ4n) is 0. The monoisotopic (exact) mass is 112 g/mol. The van der Waals surface area contributed by atoms with E-state index in [0.717, 1.165) is 0 Å². The zero-order valence-corrected chi connectivity index (χ0v) is 4.94. The van der Waals surface area contributed by atoms with Crippen molar-refractivity contribution in [3.63, 3.8) is 0 Å². The molecule has 0 aliphatic heterocycles. The summed E-state index contributed by atoms with van der Waals surface area (Å²) in [5.74, 6) is 0. The van der Waals surface area contributed by atoms with Crippen molar-refractivity contribution in [2.24, 2.45) is 0 Å². The molecule has 0 amide bonds. The predicted molar refractivity (Wildman–Crippen MR) is 27.2 cm³/mol. The first-order valence-electron chi connectivity index (χ1n) is 1.25. The van der Waals surface area contributed by atoms with E-state index < -0.39 is 6.35 Å². The van der Waals surface area contributed by atoms with E-state index in [0.29, 0.717) is 0 Å². The van der Waals surface area contributed by atoms with Gasteiger partial charge in [0.2, 0.25) is 0 Å². The van der Waals surface area contributed by atoms with Crippen molar-refractivity contribution in [2.45, 2.75) is 0 Å². The van der Waals surface area contributed by atoms with Crippen LogP contribution in [-0.2, 0) is 11.8 Å². The second kappa shape index (κ2) is 1.36. The van der Waals surface area contributed by atoms with Gasteiger partial charge in [0.1, 0.15) is 6.35 Å². The molecule has 32 valence electrons. The summed E-state index contributed by atoms with van der Waals surface area (Å²) in [5.41, 5.74) is 0. The average Bonchev–Trinajstić information content (AvgIpc) is 0.722. The maximum atomic E-state index is 11.6. The van der Waals surface area contributed by atoms with Gasteiger partial charge in [-0.25, -0.2) is 4.20 Å². The lowest BCUT2D eigenvalue weighted by atomic mass is 11.9. The summed E-state index contributed by atoms with van der Waals surface area (Å²) < 4.78 is 11.6. The van der Waals surface area contributed by atoms with Crippen LogP contribution < -0.4 is 0 Å². The number of halogens is 1. The highest BCUT2D eigenvalue weighted by Gasteiger charge is 1.89. The van der Waals surface area contributed by atoms with Crippen LogP contribution in [0.1, 0.15) is 0 Å². The Hall–Kier alpha value is 0.580. The Morgan fingerprint density at radius 1 is 1.60 bits per heavy atom. The smallest absolute Gasteiger partial charge is 0.109 e. The standard InChI is InChI=1S/C2H6FPS/c1-4(2,3)5/h1-2H3. The third-order valence-corrected chi connectivity index (χ3v) is 0. The van der Waals surface area contributed by atoms with Gasteiger partial charge in [0, 0.05) is 0 Å². The summed E-state index contributed by atoms with van der Waals surface area (Å²) in [4.78, 5) is 0. The van der Waals surface area contributed by atoms with E-state index in [1.165, 1.54) is 13.3 Å². The van der Waals surface area contributed by atoms with Gasteiger partial charge in [-0.15, -0.1) is 0 Å². The zero-order chi connectivity index (χ0) is 4.50. The first-order chi connectivity index (χ1) is 2.00. The van der Waals surface area contributed by atoms with Crippen LogP contribution >= 0.6 is 6.35 Å². The number of hydrogen-bond acceptors (Lipinski definition) is 1. The van der Waals surface area contributed by atoms with Crippen LogP contribution in [0, 0.1) is 0 Å². The van der Waals surface area contributed by atoms with Crippen molar-refractivity contribution in [3.8, 4) is 0 Å². The fourth-order valence-corrected chi connectivity index (χ4v) is 0. The molecule has 0 nitrogen and oxygen atoms in total. The molecule has 0 radical (unpaired) electrons. The van der Waals surface area contributed by atoms with Crippen LogP contribution in [-0.4, -0.2) is 13.3 Å². The summed E-state index contributed by atoms with van der Waals surface area (Å²) in [7, 11) is 0. The van der Waals surface area contributed by atoms with Crippen LogP contribution in [0.3, 0.4) is 0 Å². The Balaban J connectivity index is 3.47. The quantitative estimate of drug-likeness (QED) is 0.429. The van der Waals surface area contributed by atoms with Gasteiger partial charge in [-0.3, -0.25) is 0 Å². The largest absolute Gasteiger partial charge is 0.218 e. The van der Waals surface area contributed by atoms with Crippen molar-refractivity contribution in [1.29, 1.82) is 0 Å². The van der Waals surface area contributed by atoms with Crippen molar-refractivity contribution in [3.05, 3.63) is 0 Å². The van der Waals surface area contributed by atoms with Gasteiger partial charge < -0.3 is 0 Å². The van der Waals surface area contributed by atoms with Crippen LogP contribution in [0.5, 0.6) is 0 Å². The zero-order valence-electron chi connectivity index (χ0n) is 3.23. The lowest BCUT2D eigenvalue weighted by molar-refractivity contribution is 0.903. The van der Waals surface area contributed by atoms with Gasteiger partial charge >= 0.3 is 0 Å². The molecular formula is C2H6FPS. The number of hydrogen-bond donors (Lipinski definition) is 0. The Morgan fingerprint density at radius 3 is 1.60 bits per heavy atom. The molecule has 3 heteroatoms. The summed E-state index contributed by atoms with van der Waals surface area (Å²) in [6, 6.07) is 0. The highest BCUT2D eigenvalue weighted by Crippen LogP contribution is 2.37. The molecule has 0 fully saturated rings. The molecule has 0 aromatic heterocycles. The molecule has 0 atom stereocenters. The Morgan fingerprint density at radius 2 is 1.60 bits per heavy atom. The molecular weight excluding hydrogens is 106 g/mol. The van der Waals surface area contributed by atoms with E-state index in [1.807, 2.05) is 0 Å². The van der Waals surface area contributed by atoms with E-state index in [2.05, 4.69) is 11.8 Å². The summed E-state index contributed by atoms with van der Waals surface area (Å²) >= 11 is 4.27. The maximum absolute atomic E-state index is 11.6. The third kappa shape index (κ3) is 90.6. The maximum Gasteiger partial charge on any atom is 0.109 e. The molecule has 5 heavy (non-hydrogen) atoms. The van der Waals surface area contributed by atoms with Gasteiger partial charge in [0.05, 0.1) is 0 Å². The van der Waals surface area contributed by atoms with E-state index in [9.17, 15) is 4.20 Å². The Kier molecular flexibility index (Phi) is 1.51. The molecule has 0 heterocycles. The highest BCUT2D eigenvalue weighted by atomic mass is 32.5. The van der Waals surface area contributed by atoms with Gasteiger partial charge in [0.25, 0.3) is 0 Å². The van der Waals surface area contributed by atoms with E-state index in [-0.39, 0.29) is 0 Å². The van der Waals surface area contributed by atoms with Crippen LogP contribution in [0.15, 0.2) is 0 Å². The minimum Gasteiger partial charge on any atom is -0.218 e. The second-order valence-electron chi connectivity index (χ2n) is 1.22. The molecule has 0 unspecified atom stereocenters. The minimum absolute atomic E-state index is 1.45. The fraction of sp³-hybridized carbons (Fsp3) is 1.00. The lowest BCUT2D eigenvalue weighted by Gasteiger charge is -1.86. The van der Waals surface area contributed by atoms with Crippen LogP contribution in [0.2, 0.25) is 0 Å². The topological polar surface area (TPSA) is 0 Å². The van der Waals surface area contributed by atoms with Gasteiger partial charge in [-0.05, 0) is 13.3 Å². The molecule has 0 aromatic carbocycles. The Bertz CT molecular complexity index is 55.8. The third-order valence-electron chi connectivity index (χ3n) is 0. The molecule has 0 saturated carbocycles. The first-order valence-corrected chi connectivity index (χ1v) is 4.83. The molecule has 0 bridgehead atoms. The molecule has 0 aliphatic rings. The molecule has 0 spiro atoms. The SMILES string of the molecule is CP(C)(F)=S. The normalized spacial score (nSPS) is 11.8. The molecule has 0 rings (SSSR count). The van der Waals surface area contributed by atoms with Gasteiger partial charge in [-0.1, -0.05) is 11.8 Å². The van der Waals surface area contributed by atoms with Crippen molar-refractivity contribution < 1.29 is 4.20 Å². The predicted octanol–water partition coefficient (Wildman–Crippen LogP) is 1.61. The van der Waals surface area contributed by atoms with Crippen LogP contribution in [0.4, 0.5) is 4.20 Å². The molecule has 0 N–H and O–H groups in total. The lowest BCUT2D eigenvalue weighted by Crippen LogP contribution is -1.51. The molecule has 0 saturated heterocycles. The molecule has 0 aromatic rings. The van der Waals surface area contributed by atoms with Crippen molar-refractivity contribution >= 4 is 18.2 Å².